The van der Waals surface area contributed by atoms with Crippen molar-refractivity contribution in [2.24, 2.45) is 5.73 Å². The van der Waals surface area contributed by atoms with Gasteiger partial charge in [0.25, 0.3) is 5.91 Å². The third-order valence-corrected chi connectivity index (χ3v) is 5.43. The van der Waals surface area contributed by atoms with Gasteiger partial charge in [-0.1, -0.05) is 12.1 Å². The van der Waals surface area contributed by atoms with Gasteiger partial charge in [0.1, 0.15) is 4.60 Å². The Morgan fingerprint density at radius 3 is 2.54 bits per heavy atom. The molecule has 2 rings (SSSR count). The van der Waals surface area contributed by atoms with E-state index in [0.29, 0.717) is 47.4 Å². The molecule has 10 heteroatoms. The third kappa shape index (κ3) is 7.28. The second kappa shape index (κ2) is 11.9. The van der Waals surface area contributed by atoms with Crippen molar-refractivity contribution in [3.05, 3.63) is 39.3 Å². The van der Waals surface area contributed by atoms with Crippen molar-refractivity contribution < 1.29 is 19.1 Å². The summed E-state index contributed by atoms with van der Waals surface area (Å²) in [6.07, 6.45) is 0.172. The van der Waals surface area contributed by atoms with Crippen LogP contribution < -0.4 is 16.4 Å². The highest BCUT2D eigenvalue weighted by Gasteiger charge is 2.15. The molecule has 0 fully saturated rings. The monoisotopic (exact) mass is 470 g/mol. The smallest absolute Gasteiger partial charge is 0.259 e. The lowest BCUT2D eigenvalue weighted by atomic mass is 10.1. The van der Waals surface area contributed by atoms with E-state index >= 15 is 0 Å². The van der Waals surface area contributed by atoms with E-state index in [0.717, 1.165) is 4.88 Å². The number of thiazole rings is 1. The van der Waals surface area contributed by atoms with E-state index in [1.54, 1.807) is 24.3 Å². The van der Waals surface area contributed by atoms with E-state index in [-0.39, 0.29) is 24.8 Å². The number of aryl methyl sites for hydroxylation is 1. The van der Waals surface area contributed by atoms with Gasteiger partial charge in [-0.3, -0.25) is 14.9 Å². The number of halogens is 1. The first-order valence-electron chi connectivity index (χ1n) is 8.70. The quantitative estimate of drug-likeness (QED) is 0.434. The van der Waals surface area contributed by atoms with Gasteiger partial charge in [-0.2, -0.15) is 0 Å². The fourth-order valence-corrected chi connectivity index (χ4v) is 3.41. The zero-order valence-corrected chi connectivity index (χ0v) is 17.9. The van der Waals surface area contributed by atoms with Crippen molar-refractivity contribution in [2.75, 3.05) is 43.6 Å². The number of anilines is 2. The Labute approximate surface area is 175 Å². The van der Waals surface area contributed by atoms with Crippen molar-refractivity contribution in [2.45, 2.75) is 13.3 Å². The molecule has 0 unspecified atom stereocenters. The Morgan fingerprint density at radius 2 is 1.86 bits per heavy atom. The van der Waals surface area contributed by atoms with Gasteiger partial charge in [0.05, 0.1) is 44.1 Å². The highest BCUT2D eigenvalue weighted by molar-refractivity contribution is 9.10. The molecule has 1 heterocycles. The van der Waals surface area contributed by atoms with Crippen molar-refractivity contribution >= 4 is 49.9 Å². The molecule has 0 aliphatic rings. The number of amides is 2. The topological polar surface area (TPSA) is 116 Å². The molecule has 4 N–H and O–H groups in total. The van der Waals surface area contributed by atoms with Crippen molar-refractivity contribution in [1.82, 2.24) is 4.98 Å². The van der Waals surface area contributed by atoms with E-state index in [1.807, 2.05) is 6.92 Å². The first-order valence-corrected chi connectivity index (χ1v) is 10.3. The summed E-state index contributed by atoms with van der Waals surface area (Å²) in [5, 5.41) is 5.99. The molecular formula is C18H23BrN4O4S. The van der Waals surface area contributed by atoms with Gasteiger partial charge in [-0.15, -0.1) is 11.3 Å². The minimum atomic E-state index is -0.342. The molecule has 0 bridgehead atoms. The number of aromatic nitrogens is 1. The Morgan fingerprint density at radius 1 is 1.14 bits per heavy atom. The Hall–Kier alpha value is -1.85. The first kappa shape index (κ1) is 22.4. The molecule has 0 aliphatic heterocycles. The summed E-state index contributed by atoms with van der Waals surface area (Å²) >= 11 is 4.69. The largest absolute Gasteiger partial charge is 0.379 e. The minimum Gasteiger partial charge on any atom is -0.379 e. The molecule has 0 aliphatic carbocycles. The zero-order chi connectivity index (χ0) is 20.4. The maximum Gasteiger partial charge on any atom is 0.259 e. The van der Waals surface area contributed by atoms with Gasteiger partial charge >= 0.3 is 0 Å². The lowest BCUT2D eigenvalue weighted by molar-refractivity contribution is -0.117. The number of nitrogens with zero attached hydrogens (tertiary/aromatic N) is 1. The van der Waals surface area contributed by atoms with Crippen LogP contribution in [0.25, 0.3) is 0 Å². The van der Waals surface area contributed by atoms with Gasteiger partial charge in [-0.05, 0) is 35.0 Å². The molecule has 0 saturated heterocycles. The summed E-state index contributed by atoms with van der Waals surface area (Å²) in [6, 6.07) is 6.81. The average Bonchev–Trinajstić information content (AvgIpc) is 2.98. The Balaban J connectivity index is 1.85. The van der Waals surface area contributed by atoms with E-state index in [9.17, 15) is 9.59 Å². The van der Waals surface area contributed by atoms with Crippen LogP contribution in [0.3, 0.4) is 0 Å². The molecule has 2 amide bonds. The molecule has 0 radical (unpaired) electrons. The van der Waals surface area contributed by atoms with Crippen LogP contribution in [-0.4, -0.2) is 49.8 Å². The molecule has 152 valence electrons. The van der Waals surface area contributed by atoms with Gasteiger partial charge < -0.3 is 20.5 Å². The number of nitrogens with two attached hydrogens (primary N) is 1. The average molecular weight is 471 g/mol. The second-order valence-corrected chi connectivity index (χ2v) is 7.63. The zero-order valence-electron chi connectivity index (χ0n) is 15.5. The number of ether oxygens (including phenoxy) is 2. The molecule has 28 heavy (non-hydrogen) atoms. The number of hydrogen-bond donors (Lipinski definition) is 3. The van der Waals surface area contributed by atoms with Crippen LogP contribution in [0, 0.1) is 6.92 Å². The standard InChI is InChI=1S/C18H23BrN4O4S/c1-12-16(19)22-18(28-12)23-17(25)13-4-2-3-5-14(13)21-15(24)6-8-26-10-11-27-9-7-20/h2-5H,6-11,20H2,1H3,(H,21,24)(H,22,23,25). The highest BCUT2D eigenvalue weighted by atomic mass is 79.9. The maximum absolute atomic E-state index is 12.6. The second-order valence-electron chi connectivity index (χ2n) is 5.68. The molecule has 2 aromatic rings. The fraction of sp³-hybridized carbons (Fsp3) is 0.389. The van der Waals surface area contributed by atoms with Crippen LogP contribution in [0.2, 0.25) is 0 Å². The third-order valence-electron chi connectivity index (χ3n) is 3.51. The number of para-hydroxylation sites is 1. The summed E-state index contributed by atoms with van der Waals surface area (Å²) in [5.74, 6) is -0.582. The Kier molecular flexibility index (Phi) is 9.51. The van der Waals surface area contributed by atoms with Crippen molar-refractivity contribution in [3.63, 3.8) is 0 Å². The van der Waals surface area contributed by atoms with Gasteiger partial charge in [0.15, 0.2) is 5.13 Å². The summed E-state index contributed by atoms with van der Waals surface area (Å²) in [6.45, 7) is 3.95. The predicted octanol–water partition coefficient (Wildman–Crippen LogP) is 2.79. The molecule has 0 atom stereocenters. The lowest BCUT2D eigenvalue weighted by Crippen LogP contribution is -2.19. The van der Waals surface area contributed by atoms with E-state index in [4.69, 9.17) is 15.2 Å². The highest BCUT2D eigenvalue weighted by Crippen LogP contribution is 2.27. The van der Waals surface area contributed by atoms with Crippen LogP contribution in [0.15, 0.2) is 28.9 Å². The number of nitrogens with one attached hydrogen (secondary N) is 2. The van der Waals surface area contributed by atoms with Crippen molar-refractivity contribution in [1.29, 1.82) is 0 Å². The number of benzene rings is 1. The van der Waals surface area contributed by atoms with Gasteiger partial charge in [0, 0.05) is 11.4 Å². The van der Waals surface area contributed by atoms with Crippen LogP contribution >= 0.6 is 27.3 Å². The lowest BCUT2D eigenvalue weighted by Gasteiger charge is -2.11. The molecule has 1 aromatic carbocycles. The SMILES string of the molecule is Cc1sc(NC(=O)c2ccccc2NC(=O)CCOCCOCCN)nc1Br. The molecule has 1 aromatic heterocycles. The van der Waals surface area contributed by atoms with E-state index in [1.165, 1.54) is 11.3 Å². The number of hydrogen-bond acceptors (Lipinski definition) is 7. The predicted molar refractivity (Wildman–Crippen MR) is 113 cm³/mol. The van der Waals surface area contributed by atoms with E-state index < -0.39 is 0 Å². The molecular weight excluding hydrogens is 448 g/mol. The molecule has 0 spiro atoms. The fourth-order valence-electron chi connectivity index (χ4n) is 2.17. The number of carbonyl (C=O) groups excluding carboxylic acids is 2. The van der Waals surface area contributed by atoms with E-state index in [2.05, 4.69) is 31.5 Å². The van der Waals surface area contributed by atoms with Gasteiger partial charge in [-0.25, -0.2) is 4.98 Å². The number of carbonyl (C=O) groups is 2. The number of rotatable bonds is 11. The summed E-state index contributed by atoms with van der Waals surface area (Å²) < 4.78 is 11.2. The normalized spacial score (nSPS) is 10.7. The maximum atomic E-state index is 12.6. The molecule has 8 nitrogen and oxygen atoms in total. The van der Waals surface area contributed by atoms with Crippen LogP contribution in [0.5, 0.6) is 0 Å². The summed E-state index contributed by atoms with van der Waals surface area (Å²) in [4.78, 5) is 29.9. The summed E-state index contributed by atoms with van der Waals surface area (Å²) in [5.41, 5.74) is 6.11. The minimum absolute atomic E-state index is 0.172. The summed E-state index contributed by atoms with van der Waals surface area (Å²) in [7, 11) is 0. The van der Waals surface area contributed by atoms with Crippen LogP contribution in [0.4, 0.5) is 10.8 Å². The molecule has 0 saturated carbocycles. The van der Waals surface area contributed by atoms with Crippen LogP contribution in [-0.2, 0) is 14.3 Å². The van der Waals surface area contributed by atoms with Gasteiger partial charge in [0.2, 0.25) is 5.91 Å². The van der Waals surface area contributed by atoms with Crippen LogP contribution in [0.1, 0.15) is 21.7 Å². The first-order chi connectivity index (χ1) is 13.5. The Bertz CT molecular complexity index is 780. The van der Waals surface area contributed by atoms with Crippen molar-refractivity contribution in [3.8, 4) is 0 Å².